The predicted octanol–water partition coefficient (Wildman–Crippen LogP) is -0.0330. The van der Waals surface area contributed by atoms with Gasteiger partial charge in [-0.3, -0.25) is 9.69 Å². The lowest BCUT2D eigenvalue weighted by molar-refractivity contribution is -0.128. The van der Waals surface area contributed by atoms with Crippen molar-refractivity contribution in [3.63, 3.8) is 0 Å². The summed E-state index contributed by atoms with van der Waals surface area (Å²) >= 11 is 0. The fraction of sp³-hybridized carbons (Fsp3) is 0.923. The molecule has 2 N–H and O–H groups in total. The highest BCUT2D eigenvalue weighted by Gasteiger charge is 2.33. The number of nitrogens with zero attached hydrogens (tertiary/aromatic N) is 1. The van der Waals surface area contributed by atoms with E-state index in [-0.39, 0.29) is 11.4 Å². The molecule has 0 bridgehead atoms. The van der Waals surface area contributed by atoms with Gasteiger partial charge in [-0.25, -0.2) is 0 Å². The SMILES string of the molecule is CC1(C(=O)NCCN2CCOCC2)CCCCN1. The summed E-state index contributed by atoms with van der Waals surface area (Å²) in [5.74, 6) is 0.149. The summed E-state index contributed by atoms with van der Waals surface area (Å²) in [6.07, 6.45) is 3.26. The van der Waals surface area contributed by atoms with Crippen molar-refractivity contribution in [2.24, 2.45) is 0 Å². The molecular weight excluding hydrogens is 230 g/mol. The summed E-state index contributed by atoms with van der Waals surface area (Å²) in [5.41, 5.74) is -0.358. The molecule has 2 rings (SSSR count). The van der Waals surface area contributed by atoms with Crippen LogP contribution in [0.3, 0.4) is 0 Å². The summed E-state index contributed by atoms with van der Waals surface area (Å²) in [6, 6.07) is 0. The monoisotopic (exact) mass is 255 g/mol. The lowest BCUT2D eigenvalue weighted by Crippen LogP contribution is -2.57. The summed E-state index contributed by atoms with van der Waals surface area (Å²) in [5, 5.41) is 6.39. The van der Waals surface area contributed by atoms with E-state index in [9.17, 15) is 4.79 Å². The molecule has 2 saturated heterocycles. The van der Waals surface area contributed by atoms with Gasteiger partial charge < -0.3 is 15.4 Å². The number of rotatable bonds is 4. The number of piperidine rings is 1. The second-order valence-electron chi connectivity index (χ2n) is 5.43. The van der Waals surface area contributed by atoms with Crippen molar-refractivity contribution in [1.82, 2.24) is 15.5 Å². The topological polar surface area (TPSA) is 53.6 Å². The summed E-state index contributed by atoms with van der Waals surface area (Å²) < 4.78 is 5.30. The minimum absolute atomic E-state index is 0.149. The first-order chi connectivity index (χ1) is 8.71. The molecule has 1 atom stereocenters. The molecule has 0 saturated carbocycles. The van der Waals surface area contributed by atoms with Crippen molar-refractivity contribution < 1.29 is 9.53 Å². The van der Waals surface area contributed by atoms with Crippen molar-refractivity contribution in [3.8, 4) is 0 Å². The molecule has 18 heavy (non-hydrogen) atoms. The van der Waals surface area contributed by atoms with Crippen LogP contribution in [-0.2, 0) is 9.53 Å². The van der Waals surface area contributed by atoms with Crippen LogP contribution < -0.4 is 10.6 Å². The molecule has 5 nitrogen and oxygen atoms in total. The zero-order valence-corrected chi connectivity index (χ0v) is 11.3. The van der Waals surface area contributed by atoms with E-state index in [1.165, 1.54) is 6.42 Å². The number of morpholine rings is 1. The van der Waals surface area contributed by atoms with Gasteiger partial charge in [-0.2, -0.15) is 0 Å². The second kappa shape index (κ2) is 6.50. The number of nitrogens with one attached hydrogen (secondary N) is 2. The third-order valence-electron chi connectivity index (χ3n) is 3.94. The first-order valence-electron chi connectivity index (χ1n) is 7.04. The van der Waals surface area contributed by atoms with Crippen LogP contribution in [0.4, 0.5) is 0 Å². The van der Waals surface area contributed by atoms with E-state index in [0.717, 1.165) is 58.8 Å². The van der Waals surface area contributed by atoms with E-state index in [0.29, 0.717) is 0 Å². The number of ether oxygens (including phenoxy) is 1. The quantitative estimate of drug-likeness (QED) is 0.740. The van der Waals surface area contributed by atoms with Crippen LogP contribution in [0.2, 0.25) is 0 Å². The van der Waals surface area contributed by atoms with Crippen molar-refractivity contribution in [3.05, 3.63) is 0 Å². The normalized spacial score (nSPS) is 30.1. The molecule has 2 heterocycles. The molecule has 2 aliphatic rings. The molecule has 1 amide bonds. The largest absolute Gasteiger partial charge is 0.379 e. The van der Waals surface area contributed by atoms with Crippen LogP contribution >= 0.6 is 0 Å². The van der Waals surface area contributed by atoms with Gasteiger partial charge in [0.05, 0.1) is 18.8 Å². The third-order valence-corrected chi connectivity index (χ3v) is 3.94. The molecule has 1 unspecified atom stereocenters. The minimum Gasteiger partial charge on any atom is -0.379 e. The van der Waals surface area contributed by atoms with Crippen LogP contribution in [0, 0.1) is 0 Å². The Kier molecular flexibility index (Phi) is 4.97. The van der Waals surface area contributed by atoms with Gasteiger partial charge in [0.2, 0.25) is 5.91 Å². The van der Waals surface area contributed by atoms with Crippen molar-refractivity contribution in [2.45, 2.75) is 31.7 Å². The van der Waals surface area contributed by atoms with Gasteiger partial charge in [-0.05, 0) is 32.7 Å². The number of carbonyl (C=O) groups is 1. The average molecular weight is 255 g/mol. The number of hydrogen-bond donors (Lipinski definition) is 2. The molecule has 0 aromatic carbocycles. The predicted molar refractivity (Wildman–Crippen MR) is 70.5 cm³/mol. The molecule has 0 aromatic heterocycles. The Morgan fingerprint density at radius 1 is 1.39 bits per heavy atom. The molecule has 0 aliphatic carbocycles. The zero-order valence-electron chi connectivity index (χ0n) is 11.3. The van der Waals surface area contributed by atoms with E-state index in [1.54, 1.807) is 0 Å². The highest BCUT2D eigenvalue weighted by atomic mass is 16.5. The Bertz CT molecular complexity index is 271. The van der Waals surface area contributed by atoms with Gasteiger partial charge in [0.15, 0.2) is 0 Å². The van der Waals surface area contributed by atoms with Crippen LogP contribution in [0.1, 0.15) is 26.2 Å². The number of amides is 1. The summed E-state index contributed by atoms with van der Waals surface area (Å²) in [4.78, 5) is 14.5. The third kappa shape index (κ3) is 3.67. The van der Waals surface area contributed by atoms with Crippen molar-refractivity contribution >= 4 is 5.91 Å². The summed E-state index contributed by atoms with van der Waals surface area (Å²) in [7, 11) is 0. The van der Waals surface area contributed by atoms with E-state index in [2.05, 4.69) is 15.5 Å². The molecule has 0 radical (unpaired) electrons. The highest BCUT2D eigenvalue weighted by Crippen LogP contribution is 2.18. The Morgan fingerprint density at radius 3 is 2.83 bits per heavy atom. The Labute approximate surface area is 109 Å². The van der Waals surface area contributed by atoms with Crippen molar-refractivity contribution in [2.75, 3.05) is 45.9 Å². The molecule has 5 heteroatoms. The maximum absolute atomic E-state index is 12.1. The van der Waals surface area contributed by atoms with Gasteiger partial charge in [0.25, 0.3) is 0 Å². The number of hydrogen-bond acceptors (Lipinski definition) is 4. The van der Waals surface area contributed by atoms with Gasteiger partial charge in [0, 0.05) is 26.2 Å². The molecule has 0 aromatic rings. The second-order valence-corrected chi connectivity index (χ2v) is 5.43. The lowest BCUT2D eigenvalue weighted by atomic mass is 9.90. The van der Waals surface area contributed by atoms with E-state index < -0.39 is 0 Å². The van der Waals surface area contributed by atoms with Crippen LogP contribution in [0.25, 0.3) is 0 Å². The minimum atomic E-state index is -0.358. The Morgan fingerprint density at radius 2 is 2.17 bits per heavy atom. The lowest BCUT2D eigenvalue weighted by Gasteiger charge is -2.34. The van der Waals surface area contributed by atoms with Crippen LogP contribution in [-0.4, -0.2) is 62.3 Å². The standard InChI is InChI=1S/C13H25N3O2/c1-13(4-2-3-5-15-13)12(17)14-6-7-16-8-10-18-11-9-16/h15H,2-11H2,1H3,(H,14,17). The summed E-state index contributed by atoms with van der Waals surface area (Å²) in [6.45, 7) is 8.20. The highest BCUT2D eigenvalue weighted by molar-refractivity contribution is 5.85. The fourth-order valence-electron chi connectivity index (χ4n) is 2.60. The zero-order chi connectivity index (χ0) is 12.8. The fourth-order valence-corrected chi connectivity index (χ4v) is 2.60. The first kappa shape index (κ1) is 13.8. The molecule has 104 valence electrons. The average Bonchev–Trinajstić information content (AvgIpc) is 2.41. The van der Waals surface area contributed by atoms with Gasteiger partial charge in [0.1, 0.15) is 0 Å². The molecule has 0 spiro atoms. The first-order valence-corrected chi connectivity index (χ1v) is 7.04. The Hall–Kier alpha value is -0.650. The van der Waals surface area contributed by atoms with Crippen LogP contribution in [0.15, 0.2) is 0 Å². The van der Waals surface area contributed by atoms with Crippen LogP contribution in [0.5, 0.6) is 0 Å². The number of carbonyl (C=O) groups excluding carboxylic acids is 1. The smallest absolute Gasteiger partial charge is 0.240 e. The van der Waals surface area contributed by atoms with Gasteiger partial charge in [-0.15, -0.1) is 0 Å². The Balaban J connectivity index is 1.67. The van der Waals surface area contributed by atoms with Crippen molar-refractivity contribution in [1.29, 1.82) is 0 Å². The molecule has 2 aliphatic heterocycles. The molecule has 2 fully saturated rings. The molecular formula is C13H25N3O2. The van der Waals surface area contributed by atoms with Gasteiger partial charge >= 0.3 is 0 Å². The van der Waals surface area contributed by atoms with Gasteiger partial charge in [-0.1, -0.05) is 0 Å². The maximum atomic E-state index is 12.1. The van der Waals surface area contributed by atoms with E-state index in [1.807, 2.05) is 6.92 Å². The van der Waals surface area contributed by atoms with E-state index in [4.69, 9.17) is 4.74 Å². The maximum Gasteiger partial charge on any atom is 0.240 e. The van der Waals surface area contributed by atoms with E-state index >= 15 is 0 Å².